The Labute approximate surface area is 222 Å². The molecule has 4 aromatic carbocycles. The van der Waals surface area contributed by atoms with Gasteiger partial charge in [0.1, 0.15) is 12.4 Å². The van der Waals surface area contributed by atoms with Crippen LogP contribution in [-0.4, -0.2) is 35.6 Å². The van der Waals surface area contributed by atoms with Crippen molar-refractivity contribution in [3.05, 3.63) is 108 Å². The van der Waals surface area contributed by atoms with E-state index in [0.29, 0.717) is 40.8 Å². The number of nitrogens with zero attached hydrogens (tertiary/aromatic N) is 1. The first-order chi connectivity index (χ1) is 18.3. The third-order valence-electron chi connectivity index (χ3n) is 5.87. The van der Waals surface area contributed by atoms with Gasteiger partial charge >= 0.3 is 0 Å². The summed E-state index contributed by atoms with van der Waals surface area (Å²) < 4.78 is 43.6. The minimum Gasteiger partial charge on any atom is -0.493 e. The summed E-state index contributed by atoms with van der Waals surface area (Å²) in [6.45, 7) is 0.453. The van der Waals surface area contributed by atoms with Gasteiger partial charge in [0.05, 0.1) is 24.8 Å². The molecule has 0 aliphatic carbocycles. The third kappa shape index (κ3) is 6.07. The number of carbonyl (C=O) groups is 1. The second-order valence-electron chi connectivity index (χ2n) is 8.29. The minimum absolute atomic E-state index is 0.0515. The van der Waals surface area contributed by atoms with Gasteiger partial charge in [0, 0.05) is 24.4 Å². The molecule has 0 aliphatic rings. The highest BCUT2D eigenvalue weighted by Crippen LogP contribution is 2.31. The zero-order valence-electron chi connectivity index (χ0n) is 21.2. The Morgan fingerprint density at radius 1 is 0.816 bits per heavy atom. The van der Waals surface area contributed by atoms with E-state index in [4.69, 9.17) is 14.2 Å². The molecule has 0 bridgehead atoms. The summed E-state index contributed by atoms with van der Waals surface area (Å²) in [7, 11) is 0.493. The molecule has 38 heavy (non-hydrogen) atoms. The van der Waals surface area contributed by atoms with E-state index in [2.05, 4.69) is 5.32 Å². The first-order valence-corrected chi connectivity index (χ1v) is 13.1. The molecule has 0 saturated heterocycles. The fourth-order valence-electron chi connectivity index (χ4n) is 3.68. The molecule has 0 unspecified atom stereocenters. The first kappa shape index (κ1) is 26.6. The van der Waals surface area contributed by atoms with Crippen molar-refractivity contribution in [3.8, 4) is 17.2 Å². The SMILES string of the molecule is COc1ccc(S(=O)(=O)N(C)c2ccc(C(=O)Nc3ccc(OCc4ccccc4)cc3)cc2)cc1OC. The summed E-state index contributed by atoms with van der Waals surface area (Å²) in [6, 6.07) is 27.6. The minimum atomic E-state index is -3.87. The summed E-state index contributed by atoms with van der Waals surface area (Å²) in [4.78, 5) is 12.8. The number of carbonyl (C=O) groups excluding carboxylic acids is 1. The van der Waals surface area contributed by atoms with Gasteiger partial charge in [-0.25, -0.2) is 8.42 Å². The number of hydrogen-bond donors (Lipinski definition) is 1. The molecule has 4 rings (SSSR count). The van der Waals surface area contributed by atoms with Crippen molar-refractivity contribution in [1.82, 2.24) is 0 Å². The molecule has 4 aromatic rings. The topological polar surface area (TPSA) is 94.2 Å². The van der Waals surface area contributed by atoms with Crippen LogP contribution in [0.3, 0.4) is 0 Å². The van der Waals surface area contributed by atoms with Crippen LogP contribution >= 0.6 is 0 Å². The Kier molecular flexibility index (Phi) is 8.18. The van der Waals surface area contributed by atoms with Gasteiger partial charge < -0.3 is 19.5 Å². The standard InChI is InChI=1S/C29H28N2O6S/c1-31(38(33,34)26-17-18-27(35-2)28(19-26)36-3)24-13-9-22(10-14-24)29(32)30-23-11-15-25(16-12-23)37-20-21-7-5-4-6-8-21/h4-19H,20H2,1-3H3,(H,30,32). The molecule has 0 fully saturated rings. The van der Waals surface area contributed by atoms with E-state index in [9.17, 15) is 13.2 Å². The zero-order chi connectivity index (χ0) is 27.1. The fraction of sp³-hybridized carbons (Fsp3) is 0.138. The summed E-state index contributed by atoms with van der Waals surface area (Å²) in [5, 5.41) is 2.84. The number of anilines is 2. The van der Waals surface area contributed by atoms with Gasteiger partial charge in [-0.3, -0.25) is 9.10 Å². The average Bonchev–Trinajstić information content (AvgIpc) is 2.96. The van der Waals surface area contributed by atoms with Gasteiger partial charge in [-0.05, 0) is 66.2 Å². The van der Waals surface area contributed by atoms with E-state index >= 15 is 0 Å². The first-order valence-electron chi connectivity index (χ1n) is 11.7. The monoisotopic (exact) mass is 532 g/mol. The Morgan fingerprint density at radius 2 is 1.47 bits per heavy atom. The number of sulfonamides is 1. The smallest absolute Gasteiger partial charge is 0.264 e. The van der Waals surface area contributed by atoms with Crippen LogP contribution in [0.4, 0.5) is 11.4 Å². The lowest BCUT2D eigenvalue weighted by Gasteiger charge is -2.20. The summed E-state index contributed by atoms with van der Waals surface area (Å²) in [5.41, 5.74) is 2.46. The Bertz CT molecular complexity index is 1490. The molecule has 196 valence electrons. The highest BCUT2D eigenvalue weighted by molar-refractivity contribution is 7.92. The molecule has 0 spiro atoms. The van der Waals surface area contributed by atoms with Crippen molar-refractivity contribution in [1.29, 1.82) is 0 Å². The number of amides is 1. The maximum absolute atomic E-state index is 13.2. The molecule has 1 N–H and O–H groups in total. The van der Waals surface area contributed by atoms with Crippen LogP contribution in [0.25, 0.3) is 0 Å². The van der Waals surface area contributed by atoms with Gasteiger partial charge in [-0.15, -0.1) is 0 Å². The van der Waals surface area contributed by atoms with E-state index in [0.717, 1.165) is 9.87 Å². The van der Waals surface area contributed by atoms with E-state index in [1.165, 1.54) is 39.5 Å². The lowest BCUT2D eigenvalue weighted by atomic mass is 10.2. The van der Waals surface area contributed by atoms with Crippen molar-refractivity contribution < 1.29 is 27.4 Å². The molecule has 0 saturated carbocycles. The zero-order valence-corrected chi connectivity index (χ0v) is 22.1. The van der Waals surface area contributed by atoms with E-state index in [1.54, 1.807) is 48.5 Å². The Morgan fingerprint density at radius 3 is 2.11 bits per heavy atom. The number of hydrogen-bond acceptors (Lipinski definition) is 6. The predicted molar refractivity (Wildman–Crippen MR) is 147 cm³/mol. The van der Waals surface area contributed by atoms with E-state index in [-0.39, 0.29) is 10.8 Å². The molecule has 9 heteroatoms. The lowest BCUT2D eigenvalue weighted by Crippen LogP contribution is -2.26. The van der Waals surface area contributed by atoms with Crippen molar-refractivity contribution in [2.45, 2.75) is 11.5 Å². The second-order valence-corrected chi connectivity index (χ2v) is 10.3. The maximum Gasteiger partial charge on any atom is 0.264 e. The molecular formula is C29H28N2O6S. The van der Waals surface area contributed by atoms with Gasteiger partial charge in [0.2, 0.25) is 0 Å². The second kappa shape index (κ2) is 11.7. The lowest BCUT2D eigenvalue weighted by molar-refractivity contribution is 0.102. The number of nitrogens with one attached hydrogen (secondary N) is 1. The Balaban J connectivity index is 1.39. The summed E-state index contributed by atoms with van der Waals surface area (Å²) in [5.74, 6) is 1.11. The van der Waals surface area contributed by atoms with Gasteiger partial charge in [-0.1, -0.05) is 30.3 Å². The van der Waals surface area contributed by atoms with Crippen LogP contribution in [0.2, 0.25) is 0 Å². The quantitative estimate of drug-likeness (QED) is 0.296. The van der Waals surface area contributed by atoms with E-state index in [1.807, 2.05) is 30.3 Å². The van der Waals surface area contributed by atoms with Crippen molar-refractivity contribution in [3.63, 3.8) is 0 Å². The largest absolute Gasteiger partial charge is 0.493 e. The van der Waals surface area contributed by atoms with Crippen LogP contribution < -0.4 is 23.8 Å². The normalized spacial score (nSPS) is 10.9. The Hall–Kier alpha value is -4.50. The van der Waals surface area contributed by atoms with Crippen LogP contribution in [0.1, 0.15) is 15.9 Å². The maximum atomic E-state index is 13.2. The van der Waals surface area contributed by atoms with Crippen LogP contribution in [-0.2, 0) is 16.6 Å². The predicted octanol–water partition coefficient (Wildman–Crippen LogP) is 5.36. The summed E-state index contributed by atoms with van der Waals surface area (Å²) >= 11 is 0. The molecule has 0 aliphatic heterocycles. The molecule has 0 heterocycles. The highest BCUT2D eigenvalue weighted by Gasteiger charge is 2.23. The molecule has 0 aromatic heterocycles. The number of methoxy groups -OCH3 is 2. The number of benzene rings is 4. The highest BCUT2D eigenvalue weighted by atomic mass is 32.2. The number of rotatable bonds is 10. The van der Waals surface area contributed by atoms with E-state index < -0.39 is 10.0 Å². The average molecular weight is 533 g/mol. The van der Waals surface area contributed by atoms with Crippen molar-refractivity contribution >= 4 is 27.3 Å². The molecular weight excluding hydrogens is 504 g/mol. The van der Waals surface area contributed by atoms with Gasteiger partial charge in [0.25, 0.3) is 15.9 Å². The summed E-state index contributed by atoms with van der Waals surface area (Å²) in [6.07, 6.45) is 0. The fourth-order valence-corrected chi connectivity index (χ4v) is 4.89. The van der Waals surface area contributed by atoms with Gasteiger partial charge in [-0.2, -0.15) is 0 Å². The van der Waals surface area contributed by atoms with Crippen molar-refractivity contribution in [2.75, 3.05) is 30.9 Å². The van der Waals surface area contributed by atoms with Crippen LogP contribution in [0, 0.1) is 0 Å². The van der Waals surface area contributed by atoms with Crippen molar-refractivity contribution in [2.24, 2.45) is 0 Å². The number of ether oxygens (including phenoxy) is 3. The third-order valence-corrected chi connectivity index (χ3v) is 7.65. The molecule has 0 atom stereocenters. The van der Waals surface area contributed by atoms with Gasteiger partial charge in [0.15, 0.2) is 11.5 Å². The molecule has 0 radical (unpaired) electrons. The van der Waals surface area contributed by atoms with Crippen LogP contribution in [0.5, 0.6) is 17.2 Å². The van der Waals surface area contributed by atoms with Crippen LogP contribution in [0.15, 0.2) is 102 Å². The molecule has 8 nitrogen and oxygen atoms in total. The molecule has 1 amide bonds.